The van der Waals surface area contributed by atoms with Gasteiger partial charge in [-0.15, -0.1) is 0 Å². The van der Waals surface area contributed by atoms with Crippen LogP contribution in [0.3, 0.4) is 0 Å². The topological polar surface area (TPSA) is 99.1 Å². The van der Waals surface area contributed by atoms with Crippen LogP contribution in [-0.4, -0.2) is 51.7 Å². The maximum absolute atomic E-state index is 11.6. The van der Waals surface area contributed by atoms with Crippen molar-refractivity contribution in [2.24, 2.45) is 0 Å². The minimum atomic E-state index is -1.28. The molecule has 0 bridgehead atoms. The third-order valence-corrected chi connectivity index (χ3v) is 9.70. The number of carboxylic acid groups (broad SMARTS) is 1. The third-order valence-electron chi connectivity index (χ3n) is 5.61. The summed E-state index contributed by atoms with van der Waals surface area (Å²) in [7, 11) is -2.48. The number of benzene rings is 2. The summed E-state index contributed by atoms with van der Waals surface area (Å²) >= 11 is 12.1. The molecule has 0 aliphatic carbocycles. The Labute approximate surface area is 244 Å². The summed E-state index contributed by atoms with van der Waals surface area (Å²) < 4.78 is 5.13. The molecule has 7 nitrogen and oxygen atoms in total. The number of hydrogen-bond acceptors (Lipinski definition) is 4. The molecule has 2 rings (SSSR count). The van der Waals surface area contributed by atoms with Gasteiger partial charge in [0.2, 0.25) is 0 Å². The smallest absolute Gasteiger partial charge is 0.411 e. The summed E-state index contributed by atoms with van der Waals surface area (Å²) in [4.78, 5) is 24.3. The fraction of sp³-hybridized carbons (Fsp3) is 0.429. The van der Waals surface area contributed by atoms with Crippen molar-refractivity contribution in [1.29, 1.82) is 0 Å². The normalized spacial score (nSPS) is 12.1. The number of carbonyl (C=O) groups excluding carboxylic acids is 1. The van der Waals surface area contributed by atoms with E-state index in [0.717, 1.165) is 17.7 Å². The van der Waals surface area contributed by atoms with E-state index in [0.29, 0.717) is 40.1 Å². The molecule has 11 heteroatoms. The first-order valence-corrected chi connectivity index (χ1v) is 20.9. The first-order valence-electron chi connectivity index (χ1n) is 12.8. The zero-order valence-corrected chi connectivity index (χ0v) is 27.5. The molecule has 0 saturated heterocycles. The Balaban J connectivity index is 0.000000391. The average Bonchev–Trinajstić information content (AvgIpc) is 2.77. The quantitative estimate of drug-likeness (QED) is 0.232. The van der Waals surface area contributed by atoms with Crippen LogP contribution in [-0.2, 0) is 4.74 Å². The molecule has 0 aromatic heterocycles. The molecule has 1 atom stereocenters. The Morgan fingerprint density at radius 3 is 2.10 bits per heavy atom. The number of halogens is 2. The zero-order valence-electron chi connectivity index (χ0n) is 24.0. The van der Waals surface area contributed by atoms with Gasteiger partial charge in [-0.1, -0.05) is 87.3 Å². The second kappa shape index (κ2) is 15.5. The summed E-state index contributed by atoms with van der Waals surface area (Å²) in [5.74, 6) is 0. The number of rotatable bonds is 10. The molecule has 0 radical (unpaired) electrons. The Bertz CT molecular complexity index is 1130. The van der Waals surface area contributed by atoms with Crippen molar-refractivity contribution in [3.05, 3.63) is 64.1 Å². The van der Waals surface area contributed by atoms with Gasteiger partial charge >= 0.3 is 12.2 Å². The molecule has 0 heterocycles. The minimum absolute atomic E-state index is 0.417. The lowest BCUT2D eigenvalue weighted by atomic mass is 10.1. The molecule has 3 N–H and O–H groups in total. The van der Waals surface area contributed by atoms with Gasteiger partial charge < -0.3 is 14.9 Å². The van der Waals surface area contributed by atoms with E-state index in [9.17, 15) is 19.8 Å². The number of aliphatic hydroxyl groups is 1. The van der Waals surface area contributed by atoms with Gasteiger partial charge in [0.15, 0.2) is 0 Å². The number of amides is 2. The van der Waals surface area contributed by atoms with Gasteiger partial charge in [-0.3, -0.25) is 10.2 Å². The van der Waals surface area contributed by atoms with Gasteiger partial charge in [-0.25, -0.2) is 9.59 Å². The summed E-state index contributed by atoms with van der Waals surface area (Å²) in [5, 5.41) is 22.4. The molecule has 0 aliphatic heterocycles. The third kappa shape index (κ3) is 13.5. The highest BCUT2D eigenvalue weighted by molar-refractivity contribution is 6.76. The van der Waals surface area contributed by atoms with Crippen LogP contribution in [0.2, 0.25) is 61.4 Å². The van der Waals surface area contributed by atoms with Crippen LogP contribution < -0.4 is 10.2 Å². The number of aliphatic hydroxyl groups excluding tert-OH is 1. The molecule has 0 saturated carbocycles. The number of anilines is 2. The molecule has 2 aromatic rings. The van der Waals surface area contributed by atoms with Crippen LogP contribution in [0, 0.1) is 0 Å². The van der Waals surface area contributed by atoms with Crippen LogP contribution in [0.5, 0.6) is 0 Å². The predicted molar refractivity (Wildman–Crippen MR) is 170 cm³/mol. The van der Waals surface area contributed by atoms with E-state index in [1.165, 1.54) is 4.90 Å². The average molecular weight is 614 g/mol. The van der Waals surface area contributed by atoms with Crippen LogP contribution in [0.15, 0.2) is 43.0 Å². The molecular formula is C28H42Cl2N2O5Si2. The van der Waals surface area contributed by atoms with E-state index in [4.69, 9.17) is 27.9 Å². The van der Waals surface area contributed by atoms with E-state index in [1.54, 1.807) is 49.4 Å². The number of hydrogen-bond donors (Lipinski definition) is 3. The van der Waals surface area contributed by atoms with Crippen LogP contribution >= 0.6 is 23.2 Å². The lowest BCUT2D eigenvalue weighted by molar-refractivity contribution is 0.167. The lowest BCUT2D eigenvalue weighted by Crippen LogP contribution is -2.34. The van der Waals surface area contributed by atoms with E-state index >= 15 is 0 Å². The molecule has 0 spiro atoms. The molecule has 0 fully saturated rings. The fourth-order valence-corrected chi connectivity index (χ4v) is 5.38. The van der Waals surface area contributed by atoms with Gasteiger partial charge in [-0.2, -0.15) is 0 Å². The highest BCUT2D eigenvalue weighted by atomic mass is 35.5. The van der Waals surface area contributed by atoms with E-state index in [1.807, 2.05) is 0 Å². The largest absolute Gasteiger partial charge is 0.465 e. The summed E-state index contributed by atoms with van der Waals surface area (Å²) in [6.07, 6.45) is -0.413. The van der Waals surface area contributed by atoms with Crippen molar-refractivity contribution in [3.8, 4) is 0 Å². The van der Waals surface area contributed by atoms with Gasteiger partial charge in [-0.05, 0) is 54.4 Å². The maximum Gasteiger partial charge on any atom is 0.411 e. The lowest BCUT2D eigenvalue weighted by Gasteiger charge is -2.24. The Kier molecular flexibility index (Phi) is 13.8. The van der Waals surface area contributed by atoms with Crippen LogP contribution in [0.4, 0.5) is 21.0 Å². The number of ether oxygens (including phenoxy) is 1. The van der Waals surface area contributed by atoms with Crippen molar-refractivity contribution in [2.45, 2.75) is 64.4 Å². The predicted octanol–water partition coefficient (Wildman–Crippen LogP) is 9.09. The summed E-state index contributed by atoms with van der Waals surface area (Å²) in [6.45, 7) is 19.6. The molecule has 216 valence electrons. The van der Waals surface area contributed by atoms with Crippen molar-refractivity contribution in [2.75, 3.05) is 23.4 Å². The first-order chi connectivity index (χ1) is 17.9. The van der Waals surface area contributed by atoms with Crippen LogP contribution in [0.1, 0.15) is 24.2 Å². The van der Waals surface area contributed by atoms with Gasteiger partial charge in [0, 0.05) is 44.1 Å². The summed E-state index contributed by atoms with van der Waals surface area (Å²) in [6, 6.07) is 12.1. The highest BCUT2D eigenvalue weighted by Crippen LogP contribution is 2.27. The van der Waals surface area contributed by atoms with Gasteiger partial charge in [0.25, 0.3) is 0 Å². The number of carbonyl (C=O) groups is 2. The van der Waals surface area contributed by atoms with Crippen LogP contribution in [0.25, 0.3) is 6.08 Å². The monoisotopic (exact) mass is 612 g/mol. The van der Waals surface area contributed by atoms with Crippen molar-refractivity contribution in [3.63, 3.8) is 0 Å². The molecule has 2 aromatic carbocycles. The van der Waals surface area contributed by atoms with Crippen molar-refractivity contribution < 1.29 is 24.5 Å². The second-order valence-corrected chi connectivity index (χ2v) is 23.7. The minimum Gasteiger partial charge on any atom is -0.465 e. The molecular weight excluding hydrogens is 571 g/mol. The number of nitrogens with one attached hydrogen (secondary N) is 1. The van der Waals surface area contributed by atoms with E-state index < -0.39 is 34.4 Å². The SMILES string of the molecule is C=Cc1ccc(N(CC[Si](C)(C)C)C(=O)O)cc1Cl.CC(O)c1ccc(NC(=O)OCC[Si](C)(C)C)cc1Cl. The Hall–Kier alpha value is -2.31. The Morgan fingerprint density at radius 1 is 1.03 bits per heavy atom. The first kappa shape index (κ1) is 34.7. The molecule has 2 amide bonds. The van der Waals surface area contributed by atoms with Crippen molar-refractivity contribution in [1.82, 2.24) is 0 Å². The Morgan fingerprint density at radius 2 is 1.64 bits per heavy atom. The van der Waals surface area contributed by atoms with Gasteiger partial charge in [0.1, 0.15) is 0 Å². The summed E-state index contributed by atoms with van der Waals surface area (Å²) in [5.41, 5.74) is 2.60. The standard InChI is InChI=1S/C14H22ClNO3Si.C14H20ClNO2Si/c1-10(17)12-6-5-11(9-13(12)15)16-14(18)19-7-8-20(2,3)4;1-5-11-6-7-12(10-13(11)15)16(14(17)18)8-9-19(2,3)4/h5-6,9-10,17H,7-8H2,1-4H3,(H,16,18);5-7,10H,1,8-9H2,2-4H3,(H,17,18). The molecule has 39 heavy (non-hydrogen) atoms. The molecule has 1 unspecified atom stereocenters. The zero-order chi connectivity index (χ0) is 30.0. The van der Waals surface area contributed by atoms with E-state index in [-0.39, 0.29) is 0 Å². The fourth-order valence-electron chi connectivity index (χ4n) is 3.18. The van der Waals surface area contributed by atoms with Crippen molar-refractivity contribution >= 4 is 69.0 Å². The number of nitrogens with zero attached hydrogens (tertiary/aromatic N) is 1. The van der Waals surface area contributed by atoms with E-state index in [2.05, 4.69) is 51.2 Å². The molecule has 0 aliphatic rings. The second-order valence-electron chi connectivity index (χ2n) is 11.6. The van der Waals surface area contributed by atoms with Gasteiger partial charge in [0.05, 0.1) is 12.7 Å². The highest BCUT2D eigenvalue weighted by Gasteiger charge is 2.20. The maximum atomic E-state index is 11.6.